The molecule has 0 aliphatic heterocycles. The molecule has 0 heterocycles. The van der Waals surface area contributed by atoms with Gasteiger partial charge in [-0.1, -0.05) is 41.9 Å². The van der Waals surface area contributed by atoms with Crippen LogP contribution in [0.4, 0.5) is 11.4 Å². The first-order valence-electron chi connectivity index (χ1n) is 6.44. The number of anilines is 2. The molecule has 1 unspecified atom stereocenters. The van der Waals surface area contributed by atoms with Crippen LogP contribution in [0.2, 0.25) is 5.02 Å². The van der Waals surface area contributed by atoms with Gasteiger partial charge in [-0.15, -0.1) is 0 Å². The van der Waals surface area contributed by atoms with Crippen LogP contribution in [0.3, 0.4) is 0 Å². The third-order valence-corrected chi connectivity index (χ3v) is 3.85. The number of rotatable bonds is 5. The molecule has 2 aromatic carbocycles. The van der Waals surface area contributed by atoms with Crippen molar-refractivity contribution in [3.63, 3.8) is 0 Å². The fourth-order valence-corrected chi connectivity index (χ4v) is 2.82. The van der Waals surface area contributed by atoms with Gasteiger partial charge in [0.25, 0.3) is 0 Å². The number of halogens is 1. The highest BCUT2D eigenvalue weighted by atomic mass is 35.5. The Morgan fingerprint density at radius 1 is 1.10 bits per heavy atom. The van der Waals surface area contributed by atoms with Crippen molar-refractivity contribution in [2.75, 3.05) is 16.3 Å². The van der Waals surface area contributed by atoms with Crippen LogP contribution in [0.15, 0.2) is 48.5 Å². The van der Waals surface area contributed by atoms with E-state index >= 15 is 0 Å². The van der Waals surface area contributed by atoms with E-state index in [1.807, 2.05) is 37.3 Å². The van der Waals surface area contributed by atoms with Crippen molar-refractivity contribution < 1.29 is 8.42 Å². The van der Waals surface area contributed by atoms with Gasteiger partial charge in [0.15, 0.2) is 0 Å². The first-order valence-corrected chi connectivity index (χ1v) is 8.71. The molecule has 0 aromatic heterocycles. The zero-order valence-electron chi connectivity index (χ0n) is 11.8. The topological polar surface area (TPSA) is 58.2 Å². The van der Waals surface area contributed by atoms with Gasteiger partial charge >= 0.3 is 0 Å². The van der Waals surface area contributed by atoms with E-state index in [2.05, 4.69) is 10.0 Å². The van der Waals surface area contributed by atoms with Crippen LogP contribution in [-0.2, 0) is 10.0 Å². The number of sulfonamides is 1. The second-order valence-electron chi connectivity index (χ2n) is 4.85. The SMILES string of the molecule is CC(Nc1ccc(NS(C)(=O)=O)c(Cl)c1)c1ccccc1. The molecule has 0 aliphatic rings. The molecule has 112 valence electrons. The predicted molar refractivity (Wildman–Crippen MR) is 88.4 cm³/mol. The van der Waals surface area contributed by atoms with Crippen LogP contribution >= 0.6 is 11.6 Å². The van der Waals surface area contributed by atoms with Crippen LogP contribution in [0.1, 0.15) is 18.5 Å². The highest BCUT2D eigenvalue weighted by molar-refractivity contribution is 7.92. The molecule has 21 heavy (non-hydrogen) atoms. The van der Waals surface area contributed by atoms with Crippen molar-refractivity contribution in [2.45, 2.75) is 13.0 Å². The van der Waals surface area contributed by atoms with Crippen molar-refractivity contribution in [2.24, 2.45) is 0 Å². The maximum absolute atomic E-state index is 11.2. The van der Waals surface area contributed by atoms with Crippen LogP contribution in [0, 0.1) is 0 Å². The van der Waals surface area contributed by atoms with Crippen molar-refractivity contribution in [1.82, 2.24) is 0 Å². The Morgan fingerprint density at radius 3 is 2.33 bits per heavy atom. The fourth-order valence-electron chi connectivity index (χ4n) is 1.96. The van der Waals surface area contributed by atoms with Gasteiger partial charge in [0, 0.05) is 11.7 Å². The van der Waals surface area contributed by atoms with Gasteiger partial charge in [-0.3, -0.25) is 4.72 Å². The summed E-state index contributed by atoms with van der Waals surface area (Å²) in [5.74, 6) is 0. The lowest BCUT2D eigenvalue weighted by Gasteiger charge is -2.16. The molecule has 2 aromatic rings. The molecule has 6 heteroatoms. The number of hydrogen-bond acceptors (Lipinski definition) is 3. The Balaban J connectivity index is 2.14. The molecule has 0 saturated carbocycles. The van der Waals surface area contributed by atoms with Crippen LogP contribution < -0.4 is 10.0 Å². The van der Waals surface area contributed by atoms with Crippen LogP contribution in [-0.4, -0.2) is 14.7 Å². The normalized spacial score (nSPS) is 12.7. The van der Waals surface area contributed by atoms with E-state index in [1.54, 1.807) is 18.2 Å². The average molecular weight is 325 g/mol. The van der Waals surface area contributed by atoms with Crippen LogP contribution in [0.25, 0.3) is 0 Å². The summed E-state index contributed by atoms with van der Waals surface area (Å²) < 4.78 is 24.8. The maximum Gasteiger partial charge on any atom is 0.229 e. The monoisotopic (exact) mass is 324 g/mol. The van der Waals surface area contributed by atoms with Crippen molar-refractivity contribution in [1.29, 1.82) is 0 Å². The smallest absolute Gasteiger partial charge is 0.229 e. The molecule has 2 N–H and O–H groups in total. The maximum atomic E-state index is 11.2. The predicted octanol–water partition coefficient (Wildman–Crippen LogP) is 3.88. The second-order valence-corrected chi connectivity index (χ2v) is 7.00. The van der Waals surface area contributed by atoms with Gasteiger partial charge in [0.05, 0.1) is 17.0 Å². The lowest BCUT2D eigenvalue weighted by Crippen LogP contribution is -2.10. The van der Waals surface area contributed by atoms with E-state index in [0.717, 1.165) is 17.5 Å². The van der Waals surface area contributed by atoms with E-state index < -0.39 is 10.0 Å². The minimum Gasteiger partial charge on any atom is -0.378 e. The quantitative estimate of drug-likeness (QED) is 0.877. The van der Waals surface area contributed by atoms with E-state index in [1.165, 1.54) is 0 Å². The standard InChI is InChI=1S/C15H17ClN2O2S/c1-11(12-6-4-3-5-7-12)17-13-8-9-15(14(16)10-13)18-21(2,19)20/h3-11,17-18H,1-2H3. The average Bonchev–Trinajstić information content (AvgIpc) is 2.41. The molecule has 2 rings (SSSR count). The first-order chi connectivity index (χ1) is 9.85. The minimum absolute atomic E-state index is 0.121. The van der Waals surface area contributed by atoms with E-state index in [-0.39, 0.29) is 6.04 Å². The molecule has 0 aliphatic carbocycles. The summed E-state index contributed by atoms with van der Waals surface area (Å²) in [5, 5.41) is 3.68. The summed E-state index contributed by atoms with van der Waals surface area (Å²) in [7, 11) is -3.33. The Hall–Kier alpha value is -1.72. The summed E-state index contributed by atoms with van der Waals surface area (Å²) in [6, 6.07) is 15.3. The van der Waals surface area contributed by atoms with Gasteiger partial charge in [-0.2, -0.15) is 0 Å². The molecule has 1 atom stereocenters. The lowest BCUT2D eigenvalue weighted by molar-refractivity contribution is 0.607. The Kier molecular flexibility index (Phi) is 4.75. The summed E-state index contributed by atoms with van der Waals surface area (Å²) in [5.41, 5.74) is 2.36. The van der Waals surface area contributed by atoms with Gasteiger partial charge in [-0.25, -0.2) is 8.42 Å². The number of hydrogen-bond donors (Lipinski definition) is 2. The van der Waals surface area contributed by atoms with E-state index in [9.17, 15) is 8.42 Å². The van der Waals surface area contributed by atoms with Crippen LogP contribution in [0.5, 0.6) is 0 Å². The van der Waals surface area contributed by atoms with Gasteiger partial charge in [0.1, 0.15) is 0 Å². The highest BCUT2D eigenvalue weighted by Gasteiger charge is 2.09. The molecule has 0 bridgehead atoms. The third kappa shape index (κ3) is 4.65. The van der Waals surface area contributed by atoms with Gasteiger partial charge in [0.2, 0.25) is 10.0 Å². The van der Waals surface area contributed by atoms with Crippen molar-refractivity contribution in [3.05, 3.63) is 59.1 Å². The van der Waals surface area contributed by atoms with Crippen molar-refractivity contribution in [3.8, 4) is 0 Å². The molecule has 0 saturated heterocycles. The summed E-state index contributed by atoms with van der Waals surface area (Å²) in [6.45, 7) is 2.05. The minimum atomic E-state index is -3.33. The summed E-state index contributed by atoms with van der Waals surface area (Å²) in [4.78, 5) is 0. The van der Waals surface area contributed by atoms with Crippen molar-refractivity contribution >= 4 is 33.0 Å². The summed E-state index contributed by atoms with van der Waals surface area (Å²) in [6.07, 6.45) is 1.09. The first kappa shape index (κ1) is 15.7. The van der Waals surface area contributed by atoms with E-state index in [0.29, 0.717) is 10.7 Å². The molecule has 0 fully saturated rings. The second kappa shape index (κ2) is 6.37. The Labute approximate surface area is 130 Å². The molecule has 0 spiro atoms. The molecule has 4 nitrogen and oxygen atoms in total. The Morgan fingerprint density at radius 2 is 1.76 bits per heavy atom. The number of benzene rings is 2. The number of nitrogens with one attached hydrogen (secondary N) is 2. The van der Waals surface area contributed by atoms with E-state index in [4.69, 9.17) is 11.6 Å². The largest absolute Gasteiger partial charge is 0.378 e. The lowest BCUT2D eigenvalue weighted by atomic mass is 10.1. The molecular weight excluding hydrogens is 308 g/mol. The summed E-state index contributed by atoms with van der Waals surface area (Å²) >= 11 is 6.10. The zero-order chi connectivity index (χ0) is 15.5. The molecule has 0 radical (unpaired) electrons. The highest BCUT2D eigenvalue weighted by Crippen LogP contribution is 2.28. The van der Waals surface area contributed by atoms with Gasteiger partial charge in [-0.05, 0) is 30.7 Å². The zero-order valence-corrected chi connectivity index (χ0v) is 13.4. The third-order valence-electron chi connectivity index (χ3n) is 2.95. The van der Waals surface area contributed by atoms with Gasteiger partial charge < -0.3 is 5.32 Å². The molecular formula is C15H17ClN2O2S. The Bertz CT molecular complexity index is 718. The molecule has 0 amide bonds. The fraction of sp³-hybridized carbons (Fsp3) is 0.200.